The van der Waals surface area contributed by atoms with E-state index >= 15 is 0 Å². The molecule has 0 aliphatic rings. The minimum Gasteiger partial charge on any atom is -0.306 e. The first kappa shape index (κ1) is 14.4. The summed E-state index contributed by atoms with van der Waals surface area (Å²) in [7, 11) is 0. The molecule has 1 heterocycles. The van der Waals surface area contributed by atoms with Crippen molar-refractivity contribution in [2.75, 3.05) is 0 Å². The summed E-state index contributed by atoms with van der Waals surface area (Å²) >= 11 is 5.15. The maximum absolute atomic E-state index is 4.67. The molecule has 0 unspecified atom stereocenters. The van der Waals surface area contributed by atoms with E-state index in [1.54, 1.807) is 11.3 Å². The molecule has 0 radical (unpaired) electrons. The molecule has 0 saturated carbocycles. The fourth-order valence-corrected chi connectivity index (χ4v) is 3.09. The van der Waals surface area contributed by atoms with Crippen LogP contribution in [0.15, 0.2) is 64.5 Å². The maximum Gasteiger partial charge on any atom is 0.107 e. The van der Waals surface area contributed by atoms with Crippen LogP contribution in [-0.2, 0) is 13.1 Å². The van der Waals surface area contributed by atoms with Crippen molar-refractivity contribution in [1.29, 1.82) is 0 Å². The van der Waals surface area contributed by atoms with Gasteiger partial charge in [-0.3, -0.25) is 0 Å². The fourth-order valence-electron chi connectivity index (χ4n) is 2.05. The monoisotopic (exact) mass is 358 g/mol. The largest absolute Gasteiger partial charge is 0.306 e. The predicted octanol–water partition coefficient (Wildman–Crippen LogP) is 4.86. The molecule has 4 heteroatoms. The molecule has 0 saturated heterocycles. The minimum atomic E-state index is 0.799. The Labute approximate surface area is 137 Å². The van der Waals surface area contributed by atoms with Gasteiger partial charge in [-0.2, -0.15) is 0 Å². The summed E-state index contributed by atoms with van der Waals surface area (Å²) in [5.74, 6) is 0. The van der Waals surface area contributed by atoms with Crippen LogP contribution < -0.4 is 5.32 Å². The second-order valence-electron chi connectivity index (χ2n) is 4.72. The fraction of sp³-hybridized carbons (Fsp3) is 0.118. The molecule has 2 aromatic carbocycles. The number of hydrogen-bond donors (Lipinski definition) is 1. The zero-order valence-electron chi connectivity index (χ0n) is 11.4. The van der Waals surface area contributed by atoms with E-state index in [0.29, 0.717) is 0 Å². The highest BCUT2D eigenvalue weighted by Gasteiger charge is 2.03. The van der Waals surface area contributed by atoms with Crippen LogP contribution in [0.3, 0.4) is 0 Å². The topological polar surface area (TPSA) is 24.9 Å². The van der Waals surface area contributed by atoms with E-state index in [-0.39, 0.29) is 0 Å². The summed E-state index contributed by atoms with van der Waals surface area (Å²) in [6.45, 7) is 1.65. The van der Waals surface area contributed by atoms with Gasteiger partial charge in [-0.1, -0.05) is 58.4 Å². The van der Waals surface area contributed by atoms with Crippen LogP contribution in [0.5, 0.6) is 0 Å². The number of hydrogen-bond acceptors (Lipinski definition) is 3. The Morgan fingerprint density at radius 3 is 2.48 bits per heavy atom. The average Bonchev–Trinajstić information content (AvgIpc) is 2.99. The normalized spacial score (nSPS) is 10.7. The Hall–Kier alpha value is -1.49. The SMILES string of the molecule is Brc1ccc(CNCc2nc(-c3ccccc3)cs2)cc1. The second kappa shape index (κ2) is 6.98. The Kier molecular flexibility index (Phi) is 4.80. The molecule has 0 aliphatic carbocycles. The predicted molar refractivity (Wildman–Crippen MR) is 92.2 cm³/mol. The van der Waals surface area contributed by atoms with Crippen LogP contribution in [-0.4, -0.2) is 4.98 Å². The third-order valence-corrected chi connectivity index (χ3v) is 4.52. The van der Waals surface area contributed by atoms with Crippen LogP contribution in [0.2, 0.25) is 0 Å². The smallest absolute Gasteiger partial charge is 0.107 e. The number of thiazole rings is 1. The van der Waals surface area contributed by atoms with Crippen LogP contribution in [0, 0.1) is 0 Å². The second-order valence-corrected chi connectivity index (χ2v) is 6.58. The van der Waals surface area contributed by atoms with Gasteiger partial charge in [-0.05, 0) is 17.7 Å². The average molecular weight is 359 g/mol. The van der Waals surface area contributed by atoms with E-state index < -0.39 is 0 Å². The molecule has 0 amide bonds. The standard InChI is InChI=1S/C17H15BrN2S/c18-15-8-6-13(7-9-15)10-19-11-17-20-16(12-21-17)14-4-2-1-3-5-14/h1-9,12,19H,10-11H2. The first-order valence-electron chi connectivity index (χ1n) is 6.76. The summed E-state index contributed by atoms with van der Waals surface area (Å²) in [6.07, 6.45) is 0. The molecule has 0 spiro atoms. The van der Waals surface area contributed by atoms with Gasteiger partial charge < -0.3 is 5.32 Å². The summed E-state index contributed by atoms with van der Waals surface area (Å²) in [5, 5.41) is 6.67. The van der Waals surface area contributed by atoms with Gasteiger partial charge in [-0.15, -0.1) is 11.3 Å². The van der Waals surface area contributed by atoms with E-state index in [2.05, 4.69) is 68.0 Å². The molecule has 2 nitrogen and oxygen atoms in total. The molecule has 0 atom stereocenters. The molecule has 3 rings (SSSR count). The first-order valence-corrected chi connectivity index (χ1v) is 8.43. The van der Waals surface area contributed by atoms with Crippen LogP contribution in [0.1, 0.15) is 10.6 Å². The molecular weight excluding hydrogens is 344 g/mol. The minimum absolute atomic E-state index is 0.799. The van der Waals surface area contributed by atoms with E-state index in [1.807, 2.05) is 18.2 Å². The first-order chi connectivity index (χ1) is 10.3. The maximum atomic E-state index is 4.67. The van der Waals surface area contributed by atoms with E-state index in [0.717, 1.165) is 28.3 Å². The van der Waals surface area contributed by atoms with Crippen molar-refractivity contribution in [2.24, 2.45) is 0 Å². The Balaban J connectivity index is 1.57. The molecule has 0 fully saturated rings. The third-order valence-electron chi connectivity index (χ3n) is 3.14. The quantitative estimate of drug-likeness (QED) is 0.704. The van der Waals surface area contributed by atoms with Crippen LogP contribution >= 0.6 is 27.3 Å². The van der Waals surface area contributed by atoms with Gasteiger partial charge >= 0.3 is 0 Å². The van der Waals surface area contributed by atoms with Crippen LogP contribution in [0.4, 0.5) is 0 Å². The third kappa shape index (κ3) is 4.00. The van der Waals surface area contributed by atoms with Crippen molar-refractivity contribution in [3.05, 3.63) is 75.0 Å². The van der Waals surface area contributed by atoms with Crippen molar-refractivity contribution in [3.63, 3.8) is 0 Å². The molecule has 21 heavy (non-hydrogen) atoms. The van der Waals surface area contributed by atoms with E-state index in [4.69, 9.17) is 0 Å². The molecule has 1 N–H and O–H groups in total. The lowest BCUT2D eigenvalue weighted by atomic mass is 10.2. The summed E-state index contributed by atoms with van der Waals surface area (Å²) in [5.41, 5.74) is 3.51. The van der Waals surface area contributed by atoms with Gasteiger partial charge in [-0.25, -0.2) is 4.98 Å². The number of nitrogens with one attached hydrogen (secondary N) is 1. The van der Waals surface area contributed by atoms with Crippen molar-refractivity contribution in [2.45, 2.75) is 13.1 Å². The highest BCUT2D eigenvalue weighted by molar-refractivity contribution is 9.10. The van der Waals surface area contributed by atoms with Crippen molar-refractivity contribution in [1.82, 2.24) is 10.3 Å². The lowest BCUT2D eigenvalue weighted by molar-refractivity contribution is 0.690. The Morgan fingerprint density at radius 2 is 1.71 bits per heavy atom. The number of benzene rings is 2. The van der Waals surface area contributed by atoms with Crippen molar-refractivity contribution in [3.8, 4) is 11.3 Å². The number of aromatic nitrogens is 1. The molecular formula is C17H15BrN2S. The van der Waals surface area contributed by atoms with Crippen molar-refractivity contribution >= 4 is 27.3 Å². The van der Waals surface area contributed by atoms with Crippen molar-refractivity contribution < 1.29 is 0 Å². The highest BCUT2D eigenvalue weighted by Crippen LogP contribution is 2.21. The van der Waals surface area contributed by atoms with E-state index in [9.17, 15) is 0 Å². The number of rotatable bonds is 5. The van der Waals surface area contributed by atoms with Gasteiger partial charge in [0.05, 0.1) is 5.69 Å². The molecule has 0 bridgehead atoms. The summed E-state index contributed by atoms with van der Waals surface area (Å²) < 4.78 is 1.11. The molecule has 106 valence electrons. The summed E-state index contributed by atoms with van der Waals surface area (Å²) in [4.78, 5) is 4.67. The van der Waals surface area contributed by atoms with Gasteiger partial charge in [0.1, 0.15) is 5.01 Å². The van der Waals surface area contributed by atoms with Gasteiger partial charge in [0, 0.05) is 28.5 Å². The van der Waals surface area contributed by atoms with Gasteiger partial charge in [0.2, 0.25) is 0 Å². The molecule has 3 aromatic rings. The summed E-state index contributed by atoms with van der Waals surface area (Å²) in [6, 6.07) is 18.7. The van der Waals surface area contributed by atoms with Crippen LogP contribution in [0.25, 0.3) is 11.3 Å². The lowest BCUT2D eigenvalue weighted by Gasteiger charge is -2.03. The Morgan fingerprint density at radius 1 is 0.952 bits per heavy atom. The van der Waals surface area contributed by atoms with Gasteiger partial charge in [0.15, 0.2) is 0 Å². The molecule has 0 aliphatic heterocycles. The Bertz CT molecular complexity index is 692. The number of nitrogens with zero attached hydrogens (tertiary/aromatic N) is 1. The van der Waals surface area contributed by atoms with E-state index in [1.165, 1.54) is 11.1 Å². The van der Waals surface area contributed by atoms with Gasteiger partial charge in [0.25, 0.3) is 0 Å². The lowest BCUT2D eigenvalue weighted by Crippen LogP contribution is -2.12. The zero-order valence-corrected chi connectivity index (χ0v) is 13.8. The molecule has 1 aromatic heterocycles. The number of halogens is 1. The highest BCUT2D eigenvalue weighted by atomic mass is 79.9. The zero-order chi connectivity index (χ0) is 14.5.